The minimum Gasteiger partial charge on any atom is -0.481 e. The van der Waals surface area contributed by atoms with Gasteiger partial charge in [0.25, 0.3) is 5.91 Å². The van der Waals surface area contributed by atoms with Crippen molar-refractivity contribution in [3.05, 3.63) is 65.5 Å². The van der Waals surface area contributed by atoms with Crippen LogP contribution < -0.4 is 10.1 Å². The smallest absolute Gasteiger partial charge is 0.260 e. The summed E-state index contributed by atoms with van der Waals surface area (Å²) in [5.41, 5.74) is 1.67. The molecule has 0 aliphatic carbocycles. The molecule has 0 radical (unpaired) electrons. The molecule has 4 heteroatoms. The molecule has 0 bridgehead atoms. The molecule has 1 N–H and O–H groups in total. The van der Waals surface area contributed by atoms with E-state index < -0.39 is 6.10 Å². The Morgan fingerprint density at radius 2 is 2.00 bits per heavy atom. The number of carbonyl (C=O) groups is 1. The van der Waals surface area contributed by atoms with E-state index in [1.807, 2.05) is 31.2 Å². The molecule has 0 saturated heterocycles. The monoisotopic (exact) mass is 301 g/mol. The highest BCUT2D eigenvalue weighted by molar-refractivity contribution is 5.80. The number of ether oxygens (including phenoxy) is 1. The fraction of sp³-hybridized carbons (Fsp3) is 0.278. The molecule has 0 aliphatic rings. The van der Waals surface area contributed by atoms with E-state index in [0.717, 1.165) is 5.56 Å². The third-order valence-corrected chi connectivity index (χ3v) is 3.32. The predicted octanol–water partition coefficient (Wildman–Crippen LogP) is 3.26. The van der Waals surface area contributed by atoms with Gasteiger partial charge in [-0.3, -0.25) is 4.79 Å². The van der Waals surface area contributed by atoms with Gasteiger partial charge in [-0.15, -0.1) is 0 Å². The Labute approximate surface area is 130 Å². The maximum absolute atomic E-state index is 13.5. The highest BCUT2D eigenvalue weighted by atomic mass is 19.1. The summed E-state index contributed by atoms with van der Waals surface area (Å²) in [4.78, 5) is 12.0. The van der Waals surface area contributed by atoms with Crippen molar-refractivity contribution >= 4 is 5.91 Å². The fourth-order valence-electron chi connectivity index (χ4n) is 2.11. The van der Waals surface area contributed by atoms with Gasteiger partial charge in [0.1, 0.15) is 11.6 Å². The Kier molecular flexibility index (Phi) is 5.53. The lowest BCUT2D eigenvalue weighted by Crippen LogP contribution is -2.37. The van der Waals surface area contributed by atoms with Crippen LogP contribution in [-0.4, -0.2) is 18.6 Å². The maximum atomic E-state index is 13.5. The van der Waals surface area contributed by atoms with E-state index in [-0.39, 0.29) is 11.7 Å². The molecule has 1 amide bonds. The molecule has 0 unspecified atom stereocenters. The van der Waals surface area contributed by atoms with Crippen molar-refractivity contribution in [2.24, 2.45) is 0 Å². The first-order valence-electron chi connectivity index (χ1n) is 7.30. The number of nitrogens with one attached hydrogen (secondary N) is 1. The number of hydrogen-bond donors (Lipinski definition) is 1. The molecule has 0 heterocycles. The van der Waals surface area contributed by atoms with E-state index in [2.05, 4.69) is 5.32 Å². The van der Waals surface area contributed by atoms with Gasteiger partial charge in [-0.05, 0) is 49.6 Å². The first-order valence-corrected chi connectivity index (χ1v) is 7.30. The summed E-state index contributed by atoms with van der Waals surface area (Å²) >= 11 is 0. The van der Waals surface area contributed by atoms with Gasteiger partial charge in [0.05, 0.1) is 0 Å². The molecule has 22 heavy (non-hydrogen) atoms. The Bertz CT molecular complexity index is 642. The van der Waals surface area contributed by atoms with Gasteiger partial charge in [0.2, 0.25) is 0 Å². The fourth-order valence-corrected chi connectivity index (χ4v) is 2.11. The molecule has 2 aromatic carbocycles. The summed E-state index contributed by atoms with van der Waals surface area (Å²) in [7, 11) is 0. The minimum atomic E-state index is -0.595. The van der Waals surface area contributed by atoms with Gasteiger partial charge < -0.3 is 10.1 Å². The Hall–Kier alpha value is -2.36. The van der Waals surface area contributed by atoms with Crippen LogP contribution in [0.3, 0.4) is 0 Å². The van der Waals surface area contributed by atoms with Crippen LogP contribution in [0.2, 0.25) is 0 Å². The predicted molar refractivity (Wildman–Crippen MR) is 84.4 cm³/mol. The zero-order valence-corrected chi connectivity index (χ0v) is 12.8. The van der Waals surface area contributed by atoms with E-state index in [1.165, 1.54) is 6.07 Å². The van der Waals surface area contributed by atoms with Crippen LogP contribution in [-0.2, 0) is 11.2 Å². The third kappa shape index (κ3) is 4.58. The minimum absolute atomic E-state index is 0.210. The van der Waals surface area contributed by atoms with Crippen molar-refractivity contribution in [2.45, 2.75) is 26.4 Å². The SMILES string of the molecule is Cc1cccc(O[C@H](C)C(=O)NCCc2ccccc2F)c1. The van der Waals surface area contributed by atoms with Crippen molar-refractivity contribution in [2.75, 3.05) is 6.54 Å². The number of aryl methyl sites for hydroxylation is 1. The van der Waals surface area contributed by atoms with E-state index in [9.17, 15) is 9.18 Å². The molecule has 0 aromatic heterocycles. The van der Waals surface area contributed by atoms with Gasteiger partial charge >= 0.3 is 0 Å². The lowest BCUT2D eigenvalue weighted by molar-refractivity contribution is -0.127. The highest BCUT2D eigenvalue weighted by Gasteiger charge is 2.14. The van der Waals surface area contributed by atoms with E-state index in [0.29, 0.717) is 24.3 Å². The van der Waals surface area contributed by atoms with Crippen molar-refractivity contribution in [3.8, 4) is 5.75 Å². The summed E-state index contributed by atoms with van der Waals surface area (Å²) in [6.07, 6.45) is -0.141. The van der Waals surface area contributed by atoms with Crippen LogP contribution in [0.15, 0.2) is 48.5 Å². The number of rotatable bonds is 6. The lowest BCUT2D eigenvalue weighted by Gasteiger charge is -2.15. The van der Waals surface area contributed by atoms with E-state index in [1.54, 1.807) is 25.1 Å². The van der Waals surface area contributed by atoms with E-state index >= 15 is 0 Å². The summed E-state index contributed by atoms with van der Waals surface area (Å²) < 4.78 is 19.1. The molecule has 0 spiro atoms. The summed E-state index contributed by atoms with van der Waals surface area (Å²) in [5, 5.41) is 2.76. The summed E-state index contributed by atoms with van der Waals surface area (Å²) in [5.74, 6) is 0.204. The van der Waals surface area contributed by atoms with Crippen molar-refractivity contribution < 1.29 is 13.9 Å². The first kappa shape index (κ1) is 16.0. The zero-order valence-electron chi connectivity index (χ0n) is 12.8. The molecule has 116 valence electrons. The van der Waals surface area contributed by atoms with Crippen molar-refractivity contribution in [1.29, 1.82) is 0 Å². The summed E-state index contributed by atoms with van der Waals surface area (Å²) in [6.45, 7) is 4.04. The molecule has 0 fully saturated rings. The van der Waals surface area contributed by atoms with Crippen LogP contribution >= 0.6 is 0 Å². The molecule has 0 saturated carbocycles. The molecule has 2 aromatic rings. The second-order valence-electron chi connectivity index (χ2n) is 5.21. The normalized spacial score (nSPS) is 11.8. The number of carbonyl (C=O) groups excluding carboxylic acids is 1. The number of hydrogen-bond acceptors (Lipinski definition) is 2. The second-order valence-corrected chi connectivity index (χ2v) is 5.21. The third-order valence-electron chi connectivity index (χ3n) is 3.32. The molecular weight excluding hydrogens is 281 g/mol. The van der Waals surface area contributed by atoms with Gasteiger partial charge in [-0.25, -0.2) is 4.39 Å². The largest absolute Gasteiger partial charge is 0.481 e. The average Bonchev–Trinajstić information content (AvgIpc) is 2.49. The number of benzene rings is 2. The van der Waals surface area contributed by atoms with Gasteiger partial charge in [-0.2, -0.15) is 0 Å². The zero-order chi connectivity index (χ0) is 15.9. The molecular formula is C18H20FNO2. The first-order chi connectivity index (χ1) is 10.6. The van der Waals surface area contributed by atoms with Gasteiger partial charge in [0, 0.05) is 6.54 Å². The molecule has 2 rings (SSSR count). The van der Waals surface area contributed by atoms with Crippen LogP contribution in [0.4, 0.5) is 4.39 Å². The number of halogens is 1. The number of amides is 1. The average molecular weight is 301 g/mol. The quantitative estimate of drug-likeness (QED) is 0.889. The van der Waals surface area contributed by atoms with Crippen molar-refractivity contribution in [3.63, 3.8) is 0 Å². The van der Waals surface area contributed by atoms with Crippen LogP contribution in [0.1, 0.15) is 18.1 Å². The lowest BCUT2D eigenvalue weighted by atomic mass is 10.1. The van der Waals surface area contributed by atoms with Crippen molar-refractivity contribution in [1.82, 2.24) is 5.32 Å². The van der Waals surface area contributed by atoms with Gasteiger partial charge in [0.15, 0.2) is 6.10 Å². The molecule has 1 atom stereocenters. The van der Waals surface area contributed by atoms with Crippen LogP contribution in [0, 0.1) is 12.7 Å². The van der Waals surface area contributed by atoms with Crippen LogP contribution in [0.25, 0.3) is 0 Å². The van der Waals surface area contributed by atoms with Gasteiger partial charge in [-0.1, -0.05) is 30.3 Å². The maximum Gasteiger partial charge on any atom is 0.260 e. The molecule has 3 nitrogen and oxygen atoms in total. The van der Waals surface area contributed by atoms with E-state index in [4.69, 9.17) is 4.74 Å². The standard InChI is InChI=1S/C18H20FNO2/c1-13-6-5-8-16(12-13)22-14(2)18(21)20-11-10-15-7-3-4-9-17(15)19/h3-9,12,14H,10-11H2,1-2H3,(H,20,21)/t14-/m1/s1. The highest BCUT2D eigenvalue weighted by Crippen LogP contribution is 2.14. The van der Waals surface area contributed by atoms with Crippen LogP contribution in [0.5, 0.6) is 5.75 Å². The Morgan fingerprint density at radius 1 is 1.23 bits per heavy atom. The topological polar surface area (TPSA) is 38.3 Å². The second kappa shape index (κ2) is 7.59. The molecule has 0 aliphatic heterocycles. The Balaban J connectivity index is 1.80. The Morgan fingerprint density at radius 3 is 2.73 bits per heavy atom. The summed E-state index contributed by atoms with van der Waals surface area (Å²) in [6, 6.07) is 14.1.